The van der Waals surface area contributed by atoms with Crippen molar-refractivity contribution in [3.05, 3.63) is 274 Å². The number of benzene rings is 7. The van der Waals surface area contributed by atoms with Crippen molar-refractivity contribution in [1.29, 1.82) is 5.26 Å². The average Bonchev–Trinajstić information content (AvgIpc) is 0.927. The molecule has 0 aliphatic heterocycles. The van der Waals surface area contributed by atoms with Crippen LogP contribution in [0.1, 0.15) is 278 Å². The first kappa shape index (κ1) is 85.9. The van der Waals surface area contributed by atoms with Gasteiger partial charge in [0.2, 0.25) is 0 Å². The van der Waals surface area contributed by atoms with Gasteiger partial charge in [0.05, 0.1) is 18.2 Å². The van der Waals surface area contributed by atoms with Crippen LogP contribution in [0.5, 0.6) is 0 Å². The number of aryl methyl sites for hydroxylation is 5. The number of nitrogens with zero attached hydrogens (tertiary/aromatic N) is 2. The maximum absolute atomic E-state index is 13.5. The zero-order chi connectivity index (χ0) is 72.7. The SMILES string of the molecule is CC(C)c1ccc(F)cc1.CC(C)c1ccnc(C(C)F)c1F.COCc1cc(C(C)C)ccc1C.Cc1c(F)cc(C(C)C)cc1F.Cc1ccc(C(C)C)cc1C#N.Cc1ccc(C(C)C)cc1C(F)F.Cc1ccc(C(C)C)cc1Cl.Cc1ccc(C(C)C)cc1F. The van der Waals surface area contributed by atoms with Gasteiger partial charge in [0.25, 0.3) is 6.43 Å². The Bertz CT molecular complexity index is 3490. The van der Waals surface area contributed by atoms with Crippen LogP contribution in [0.3, 0.4) is 0 Å². The van der Waals surface area contributed by atoms with Gasteiger partial charge in [0.1, 0.15) is 35.1 Å². The Kier molecular flexibility index (Phi) is 39.0. The Hall–Kier alpha value is -7.13. The molecule has 3 nitrogen and oxygen atoms in total. The summed E-state index contributed by atoms with van der Waals surface area (Å²) in [7, 11) is 1.74. The first-order valence-corrected chi connectivity index (χ1v) is 33.2. The fourth-order valence-electron chi connectivity index (χ4n) is 8.72. The molecular weight excluding hydrogens is 1230 g/mol. The van der Waals surface area contributed by atoms with Crippen LogP contribution in [-0.4, -0.2) is 12.1 Å². The monoisotopic (exact) mass is 1330 g/mol. The summed E-state index contributed by atoms with van der Waals surface area (Å²) in [6, 6.07) is 42.8. The van der Waals surface area contributed by atoms with Crippen molar-refractivity contribution in [1.82, 2.24) is 4.98 Å². The van der Waals surface area contributed by atoms with Gasteiger partial charge < -0.3 is 4.74 Å². The second-order valence-corrected chi connectivity index (χ2v) is 26.8. The van der Waals surface area contributed by atoms with Crippen LogP contribution in [0.25, 0.3) is 0 Å². The van der Waals surface area contributed by atoms with Crippen LogP contribution in [0.15, 0.2) is 140 Å². The quantitative estimate of drug-likeness (QED) is 0.115. The summed E-state index contributed by atoms with van der Waals surface area (Å²) in [5, 5.41) is 9.65. The number of rotatable bonds is 12. The van der Waals surface area contributed by atoms with E-state index in [0.717, 1.165) is 38.4 Å². The molecule has 0 bridgehead atoms. The highest BCUT2D eigenvalue weighted by Crippen LogP contribution is 2.29. The van der Waals surface area contributed by atoms with Crippen molar-refractivity contribution in [2.45, 2.75) is 226 Å². The molecule has 0 spiro atoms. The molecule has 1 atom stereocenters. The minimum absolute atomic E-state index is 0.0560. The van der Waals surface area contributed by atoms with Crippen LogP contribution in [0, 0.1) is 82.0 Å². The zero-order valence-corrected chi connectivity index (χ0v) is 61.7. The third kappa shape index (κ3) is 30.7. The normalized spacial score (nSPS) is 11.0. The van der Waals surface area contributed by atoms with Crippen LogP contribution in [-0.2, 0) is 11.3 Å². The first-order valence-electron chi connectivity index (χ1n) is 32.8. The van der Waals surface area contributed by atoms with Crippen molar-refractivity contribution in [3.63, 3.8) is 0 Å². The van der Waals surface area contributed by atoms with E-state index in [2.05, 4.69) is 124 Å². The standard InChI is InChI=1S/C12H18O.C11H14F2.C11H13N.C10H13Cl.C10H13F2N.C10H12F2.C10H13F.C9H11F/c1-9(2)11-6-5-10(3)12(7-11)8-13-4;1-7(2)9-5-4-8(3)10(6-9)11(12)13;1-8(2)10-5-4-9(3)11(6-10)7-12;1-7(2)9-5-4-8(3)10(11)6-9;1-6(2)8-4-5-13-10(7(3)11)9(8)12;1-6(2)8-4-9(11)7(3)10(12)5-8;1-7(2)9-5-4-8(3)10(11)6-9;1-7(2)8-3-5-9(10)6-4-8/h5-7,9H,8H2,1-4H3;4-7,11H,1-3H3;4-6,8H,1-3H3;4-7H,1-3H3;4-7H,1-3H3;4-6H,1-3H3;4-7H,1-3H3;3-7H,1-2H3. The largest absolute Gasteiger partial charge is 0.380 e. The number of methoxy groups -OCH3 is 1. The molecule has 95 heavy (non-hydrogen) atoms. The van der Waals surface area contributed by atoms with Gasteiger partial charge in [-0.15, -0.1) is 0 Å². The molecule has 0 fully saturated rings. The van der Waals surface area contributed by atoms with Gasteiger partial charge in [-0.25, -0.2) is 35.1 Å². The molecular formula is C83H107ClF8N2O. The highest BCUT2D eigenvalue weighted by molar-refractivity contribution is 6.31. The number of aromatic nitrogens is 1. The van der Waals surface area contributed by atoms with Crippen molar-refractivity contribution >= 4 is 11.6 Å². The first-order chi connectivity index (χ1) is 44.3. The van der Waals surface area contributed by atoms with Gasteiger partial charge in [-0.3, -0.25) is 4.98 Å². The average molecular weight is 1340 g/mol. The van der Waals surface area contributed by atoms with E-state index in [4.69, 9.17) is 21.6 Å². The molecule has 1 heterocycles. The lowest BCUT2D eigenvalue weighted by atomic mass is 9.98. The lowest BCUT2D eigenvalue weighted by Crippen LogP contribution is -2.02. The Morgan fingerprint density at radius 1 is 0.411 bits per heavy atom. The molecule has 0 saturated heterocycles. The molecule has 8 aromatic rings. The summed E-state index contributed by atoms with van der Waals surface area (Å²) in [6.07, 6.45) is -2.26. The smallest absolute Gasteiger partial charge is 0.264 e. The van der Waals surface area contributed by atoms with E-state index in [1.807, 2.05) is 104 Å². The van der Waals surface area contributed by atoms with E-state index in [0.29, 0.717) is 58.8 Å². The topological polar surface area (TPSA) is 45.9 Å². The molecule has 0 saturated carbocycles. The maximum atomic E-state index is 13.5. The van der Waals surface area contributed by atoms with Gasteiger partial charge in [-0.1, -0.05) is 201 Å². The van der Waals surface area contributed by atoms with Gasteiger partial charge >= 0.3 is 0 Å². The third-order valence-corrected chi connectivity index (χ3v) is 16.2. The number of pyridine rings is 1. The van der Waals surface area contributed by atoms with Crippen molar-refractivity contribution in [3.8, 4) is 6.07 Å². The maximum Gasteiger partial charge on any atom is 0.264 e. The predicted octanol–water partition coefficient (Wildman–Crippen LogP) is 27.1. The molecule has 8 rings (SSSR count). The summed E-state index contributed by atoms with van der Waals surface area (Å²) in [5.41, 5.74) is 15.5. The van der Waals surface area contributed by atoms with E-state index in [1.54, 1.807) is 45.2 Å². The van der Waals surface area contributed by atoms with Gasteiger partial charge in [0.15, 0.2) is 5.82 Å². The summed E-state index contributed by atoms with van der Waals surface area (Å²) in [6.45, 7) is 45.9. The number of halogens is 9. The Morgan fingerprint density at radius 3 is 1.21 bits per heavy atom. The molecule has 0 N–H and O–H groups in total. The number of alkyl halides is 3. The van der Waals surface area contributed by atoms with Crippen molar-refractivity contribution in [2.24, 2.45) is 0 Å². The lowest BCUT2D eigenvalue weighted by Gasteiger charge is -2.10. The Balaban J connectivity index is 0.000000544. The molecule has 1 unspecified atom stereocenters. The highest BCUT2D eigenvalue weighted by atomic mass is 35.5. The Morgan fingerprint density at radius 2 is 0.800 bits per heavy atom. The highest BCUT2D eigenvalue weighted by Gasteiger charge is 2.17. The van der Waals surface area contributed by atoms with Gasteiger partial charge in [-0.2, -0.15) is 5.26 Å². The molecule has 0 aliphatic carbocycles. The van der Waals surface area contributed by atoms with Crippen molar-refractivity contribution in [2.75, 3.05) is 7.11 Å². The molecule has 7 aromatic carbocycles. The van der Waals surface area contributed by atoms with E-state index in [1.165, 1.54) is 77.7 Å². The fourth-order valence-corrected chi connectivity index (χ4v) is 8.90. The number of nitriles is 1. The second-order valence-electron chi connectivity index (χ2n) is 26.4. The second kappa shape index (κ2) is 43.1. The molecule has 1 aromatic heterocycles. The fraction of sp³-hybridized carbons (Fsp3) is 0.422. The molecule has 518 valence electrons. The number of hydrogen-bond donors (Lipinski definition) is 0. The van der Waals surface area contributed by atoms with Crippen LogP contribution in [0.2, 0.25) is 5.02 Å². The summed E-state index contributed by atoms with van der Waals surface area (Å²) in [4.78, 5) is 3.67. The number of hydrogen-bond acceptors (Lipinski definition) is 3. The molecule has 0 amide bonds. The minimum Gasteiger partial charge on any atom is -0.380 e. The summed E-state index contributed by atoms with van der Waals surface area (Å²) in [5.74, 6) is 1.38. The third-order valence-electron chi connectivity index (χ3n) is 15.8. The number of ether oxygens (including phenoxy) is 1. The minimum atomic E-state index is -2.36. The summed E-state index contributed by atoms with van der Waals surface area (Å²) < 4.78 is 108. The van der Waals surface area contributed by atoms with Gasteiger partial charge in [-0.05, 0) is 228 Å². The van der Waals surface area contributed by atoms with E-state index < -0.39 is 30.0 Å². The zero-order valence-electron chi connectivity index (χ0n) is 61.0. The van der Waals surface area contributed by atoms with E-state index in [9.17, 15) is 35.1 Å². The van der Waals surface area contributed by atoms with Crippen molar-refractivity contribution < 1.29 is 39.9 Å². The molecule has 12 heteroatoms. The Labute approximate surface area is 571 Å². The van der Waals surface area contributed by atoms with E-state index >= 15 is 0 Å². The van der Waals surface area contributed by atoms with E-state index in [-0.39, 0.29) is 40.3 Å². The summed E-state index contributed by atoms with van der Waals surface area (Å²) >= 11 is 5.96. The van der Waals surface area contributed by atoms with Crippen LogP contribution < -0.4 is 0 Å². The van der Waals surface area contributed by atoms with Crippen LogP contribution in [0.4, 0.5) is 35.1 Å². The molecule has 0 radical (unpaired) electrons. The molecule has 0 aliphatic rings. The van der Waals surface area contributed by atoms with Crippen LogP contribution >= 0.6 is 11.6 Å². The predicted molar refractivity (Wildman–Crippen MR) is 385 cm³/mol. The van der Waals surface area contributed by atoms with Gasteiger partial charge in [0, 0.05) is 29.5 Å². The lowest BCUT2D eigenvalue weighted by molar-refractivity contribution is 0.150.